The van der Waals surface area contributed by atoms with Gasteiger partial charge in [0.2, 0.25) is 0 Å². The van der Waals surface area contributed by atoms with E-state index in [1.54, 1.807) is 0 Å². The lowest BCUT2D eigenvalue weighted by molar-refractivity contribution is 1.07. The molecular formula is C62H37N5S. The van der Waals surface area contributed by atoms with Crippen LogP contribution >= 0.6 is 11.3 Å². The van der Waals surface area contributed by atoms with Crippen molar-refractivity contribution in [1.82, 2.24) is 24.3 Å². The summed E-state index contributed by atoms with van der Waals surface area (Å²) in [6.07, 6.45) is 0. The second-order valence-corrected chi connectivity index (χ2v) is 18.5. The van der Waals surface area contributed by atoms with Crippen LogP contribution in [-0.2, 0) is 0 Å². The van der Waals surface area contributed by atoms with Gasteiger partial charge in [-0.05, 0) is 96.5 Å². The van der Waals surface area contributed by atoms with E-state index in [9.17, 15) is 0 Å². The molecule has 68 heavy (non-hydrogen) atoms. The van der Waals surface area contributed by atoms with Crippen LogP contribution in [0, 0.1) is 0 Å². The summed E-state index contributed by atoms with van der Waals surface area (Å²) in [6, 6.07) is 79.8. The maximum Gasteiger partial charge on any atom is 0.164 e. The van der Waals surface area contributed by atoms with Crippen molar-refractivity contribution in [3.8, 4) is 67.7 Å². The molecule has 10 aromatic carbocycles. The minimum atomic E-state index is 0.610. The minimum absolute atomic E-state index is 0.610. The molecule has 4 heterocycles. The number of rotatable bonds is 6. The van der Waals surface area contributed by atoms with Gasteiger partial charge in [-0.1, -0.05) is 188 Å². The number of imidazole rings is 1. The standard InChI is InChI=1S/C62H37N5S/c1-3-11-38(12-4-1)40-19-25-44(26-20-40)59-64-60(45-27-21-41(22-28-45)39-13-5-2-6-14-39)66-61(65-59)46-29-23-43(24-30-46)54-37-52-57-51-18-10-9-15-42(51)31-32-56(57)68-58(52)62-63-53-35-49-33-47-16-7-8-17-48(47)34-50(49)36-55(53)67(54)62/h1-37H. The summed E-state index contributed by atoms with van der Waals surface area (Å²) in [6.45, 7) is 0. The molecule has 0 radical (unpaired) electrons. The number of benzene rings is 10. The fraction of sp³-hybridized carbons (Fsp3) is 0. The molecular weight excluding hydrogens is 847 g/mol. The zero-order valence-corrected chi connectivity index (χ0v) is 37.3. The van der Waals surface area contributed by atoms with Crippen LogP contribution in [0.3, 0.4) is 0 Å². The van der Waals surface area contributed by atoms with Gasteiger partial charge in [0.15, 0.2) is 23.1 Å². The van der Waals surface area contributed by atoms with Gasteiger partial charge in [-0.2, -0.15) is 0 Å². The Bertz CT molecular complexity index is 4170. The molecule has 0 bridgehead atoms. The van der Waals surface area contributed by atoms with E-state index in [2.05, 4.69) is 217 Å². The number of thiophene rings is 1. The number of aromatic nitrogens is 5. The fourth-order valence-corrected chi connectivity index (χ4v) is 11.1. The molecule has 6 heteroatoms. The SMILES string of the molecule is c1ccc(-c2ccc(-c3nc(-c4ccc(-c5ccccc5)cc4)nc(-c4ccc(-c5cc6c(sc7ccc8ccccc8c76)c6nc7cc8cc9ccccc9cc8cc7n56)cc4)n3)cc2)cc1. The summed E-state index contributed by atoms with van der Waals surface area (Å²) < 4.78 is 4.80. The van der Waals surface area contributed by atoms with Gasteiger partial charge in [0.05, 0.1) is 21.4 Å². The van der Waals surface area contributed by atoms with Crippen LogP contribution < -0.4 is 0 Å². The summed E-state index contributed by atoms with van der Waals surface area (Å²) >= 11 is 1.82. The van der Waals surface area contributed by atoms with Gasteiger partial charge in [0, 0.05) is 32.2 Å². The van der Waals surface area contributed by atoms with Gasteiger partial charge in [0.1, 0.15) is 0 Å². The lowest BCUT2D eigenvalue weighted by Crippen LogP contribution is -2.00. The zero-order valence-electron chi connectivity index (χ0n) is 36.5. The first-order valence-corrected chi connectivity index (χ1v) is 23.7. The van der Waals surface area contributed by atoms with E-state index < -0.39 is 0 Å². The number of hydrogen-bond acceptors (Lipinski definition) is 5. The van der Waals surface area contributed by atoms with Crippen molar-refractivity contribution in [2.45, 2.75) is 0 Å². The predicted molar refractivity (Wildman–Crippen MR) is 284 cm³/mol. The van der Waals surface area contributed by atoms with E-state index in [0.717, 1.165) is 66.9 Å². The zero-order chi connectivity index (χ0) is 44.7. The Balaban J connectivity index is 0.940. The highest BCUT2D eigenvalue weighted by atomic mass is 32.1. The Morgan fingerprint density at radius 1 is 0.324 bits per heavy atom. The van der Waals surface area contributed by atoms with Gasteiger partial charge >= 0.3 is 0 Å². The Morgan fingerprint density at radius 2 is 0.794 bits per heavy atom. The summed E-state index contributed by atoms with van der Waals surface area (Å²) in [5.74, 6) is 1.85. The Kier molecular flexibility index (Phi) is 8.69. The third kappa shape index (κ3) is 6.38. The predicted octanol–water partition coefficient (Wildman–Crippen LogP) is 16.5. The molecule has 0 unspecified atom stereocenters. The highest BCUT2D eigenvalue weighted by molar-refractivity contribution is 7.26. The lowest BCUT2D eigenvalue weighted by Gasteiger charge is -2.12. The third-order valence-electron chi connectivity index (χ3n) is 13.4. The summed E-state index contributed by atoms with van der Waals surface area (Å²) in [4.78, 5) is 20.9. The van der Waals surface area contributed by atoms with Crippen LogP contribution in [0.1, 0.15) is 0 Å². The largest absolute Gasteiger partial charge is 0.291 e. The molecule has 14 rings (SSSR count). The van der Waals surface area contributed by atoms with Crippen molar-refractivity contribution in [3.05, 3.63) is 224 Å². The smallest absolute Gasteiger partial charge is 0.164 e. The molecule has 316 valence electrons. The van der Waals surface area contributed by atoms with Gasteiger partial charge in [0.25, 0.3) is 0 Å². The average Bonchev–Trinajstić information content (AvgIpc) is 3.98. The summed E-state index contributed by atoms with van der Waals surface area (Å²) in [7, 11) is 0. The Morgan fingerprint density at radius 3 is 1.37 bits per heavy atom. The molecule has 0 atom stereocenters. The minimum Gasteiger partial charge on any atom is -0.291 e. The Hall–Kier alpha value is -8.84. The quantitative estimate of drug-likeness (QED) is 0.156. The first kappa shape index (κ1) is 38.4. The molecule has 0 N–H and O–H groups in total. The first-order valence-electron chi connectivity index (χ1n) is 22.9. The van der Waals surface area contributed by atoms with Crippen LogP contribution in [0.2, 0.25) is 0 Å². The van der Waals surface area contributed by atoms with Gasteiger partial charge in [-0.15, -0.1) is 11.3 Å². The molecule has 0 saturated heterocycles. The Labute approximate surface area is 395 Å². The lowest BCUT2D eigenvalue weighted by atomic mass is 10.0. The molecule has 0 spiro atoms. The molecule has 14 aromatic rings. The normalized spacial score (nSPS) is 11.8. The van der Waals surface area contributed by atoms with Crippen molar-refractivity contribution in [3.63, 3.8) is 0 Å². The van der Waals surface area contributed by atoms with Crippen molar-refractivity contribution in [2.24, 2.45) is 0 Å². The summed E-state index contributed by atoms with van der Waals surface area (Å²) in [5.41, 5.74) is 12.5. The topological polar surface area (TPSA) is 56.0 Å². The maximum absolute atomic E-state index is 5.47. The molecule has 0 saturated carbocycles. The molecule has 0 aliphatic carbocycles. The number of nitrogens with zero attached hydrogens (tertiary/aromatic N) is 5. The molecule has 0 amide bonds. The van der Waals surface area contributed by atoms with Crippen LogP contribution in [0.5, 0.6) is 0 Å². The highest BCUT2D eigenvalue weighted by Gasteiger charge is 2.21. The van der Waals surface area contributed by atoms with E-state index in [1.165, 1.54) is 52.5 Å². The van der Waals surface area contributed by atoms with Crippen LogP contribution in [0.25, 0.3) is 137 Å². The van der Waals surface area contributed by atoms with Crippen molar-refractivity contribution < 1.29 is 0 Å². The van der Waals surface area contributed by atoms with E-state index in [0.29, 0.717) is 17.5 Å². The van der Waals surface area contributed by atoms with Crippen LogP contribution in [0.4, 0.5) is 0 Å². The fourth-order valence-electron chi connectivity index (χ4n) is 9.96. The molecule has 0 fully saturated rings. The van der Waals surface area contributed by atoms with Crippen molar-refractivity contribution >= 4 is 80.5 Å². The monoisotopic (exact) mass is 883 g/mol. The number of fused-ring (bicyclic) bond motifs is 11. The van der Waals surface area contributed by atoms with Crippen LogP contribution in [0.15, 0.2) is 224 Å². The second-order valence-electron chi connectivity index (χ2n) is 17.5. The molecule has 0 aliphatic rings. The second kappa shape index (κ2) is 15.4. The van der Waals surface area contributed by atoms with Crippen molar-refractivity contribution in [1.29, 1.82) is 0 Å². The number of hydrogen-bond donors (Lipinski definition) is 0. The van der Waals surface area contributed by atoms with E-state index in [4.69, 9.17) is 19.9 Å². The van der Waals surface area contributed by atoms with Crippen LogP contribution in [-0.4, -0.2) is 24.3 Å². The maximum atomic E-state index is 5.47. The summed E-state index contributed by atoms with van der Waals surface area (Å²) in [5, 5.41) is 9.77. The van der Waals surface area contributed by atoms with E-state index in [1.807, 2.05) is 23.5 Å². The molecule has 5 nitrogen and oxygen atoms in total. The van der Waals surface area contributed by atoms with E-state index in [-0.39, 0.29) is 0 Å². The van der Waals surface area contributed by atoms with Gasteiger partial charge in [-0.3, -0.25) is 4.40 Å². The first-order chi connectivity index (χ1) is 33.6. The van der Waals surface area contributed by atoms with Crippen molar-refractivity contribution in [2.75, 3.05) is 0 Å². The molecule has 0 aliphatic heterocycles. The average molecular weight is 884 g/mol. The van der Waals surface area contributed by atoms with E-state index >= 15 is 0 Å². The molecule has 4 aromatic heterocycles. The van der Waals surface area contributed by atoms with Gasteiger partial charge < -0.3 is 0 Å². The highest BCUT2D eigenvalue weighted by Crippen LogP contribution is 2.44. The number of pyridine rings is 1. The third-order valence-corrected chi connectivity index (χ3v) is 14.6. The van der Waals surface area contributed by atoms with Gasteiger partial charge in [-0.25, -0.2) is 19.9 Å².